The number of carbonyl (C=O) groups is 2. The predicted molar refractivity (Wildman–Crippen MR) is 116 cm³/mol. The van der Waals surface area contributed by atoms with Gasteiger partial charge in [-0.15, -0.1) is 0 Å². The highest BCUT2D eigenvalue weighted by Crippen LogP contribution is 2.34. The van der Waals surface area contributed by atoms with Crippen LogP contribution in [0.25, 0.3) is 6.08 Å². The number of nitrogens with zero attached hydrogens (tertiary/aromatic N) is 1. The molecular weight excluding hydrogens is 410 g/mol. The zero-order chi connectivity index (χ0) is 21.0. The molecule has 29 heavy (non-hydrogen) atoms. The molecule has 0 atom stereocenters. The van der Waals surface area contributed by atoms with Crippen molar-refractivity contribution in [2.75, 3.05) is 13.7 Å². The Labute approximate surface area is 178 Å². The van der Waals surface area contributed by atoms with Crippen LogP contribution in [0.4, 0.5) is 0 Å². The van der Waals surface area contributed by atoms with Crippen molar-refractivity contribution in [3.05, 3.63) is 64.1 Å². The van der Waals surface area contributed by atoms with Crippen LogP contribution in [0.2, 0.25) is 0 Å². The van der Waals surface area contributed by atoms with Crippen LogP contribution in [0.5, 0.6) is 11.5 Å². The Bertz CT molecular complexity index is 985. The largest absolute Gasteiger partial charge is 0.493 e. The molecule has 8 heteroatoms. The van der Waals surface area contributed by atoms with Crippen LogP contribution in [0.3, 0.4) is 0 Å². The van der Waals surface area contributed by atoms with E-state index in [2.05, 4.69) is 0 Å². The topological polar surface area (TPSA) is 76.1 Å². The molecule has 1 N–H and O–H groups in total. The summed E-state index contributed by atoms with van der Waals surface area (Å²) in [7, 11) is 1.55. The molecule has 0 spiro atoms. The van der Waals surface area contributed by atoms with Gasteiger partial charge in [0.15, 0.2) is 11.5 Å². The Balaban J connectivity index is 1.75. The van der Waals surface area contributed by atoms with Crippen molar-refractivity contribution >= 4 is 46.3 Å². The lowest BCUT2D eigenvalue weighted by molar-refractivity contribution is -0.140. The van der Waals surface area contributed by atoms with Gasteiger partial charge in [-0.05, 0) is 36.3 Å². The third-order valence-corrected chi connectivity index (χ3v) is 5.55. The summed E-state index contributed by atoms with van der Waals surface area (Å²) in [6.45, 7) is 1.99. The summed E-state index contributed by atoms with van der Waals surface area (Å²) in [6, 6.07) is 13.4. The van der Waals surface area contributed by atoms with Gasteiger partial charge in [-0.25, -0.2) is 0 Å². The first-order chi connectivity index (χ1) is 13.9. The second-order valence-electron chi connectivity index (χ2n) is 6.35. The molecule has 0 aliphatic carbocycles. The lowest BCUT2D eigenvalue weighted by atomic mass is 10.1. The van der Waals surface area contributed by atoms with Gasteiger partial charge in [-0.2, -0.15) is 0 Å². The molecule has 0 aromatic heterocycles. The predicted octanol–water partition coefficient (Wildman–Crippen LogP) is 3.87. The van der Waals surface area contributed by atoms with E-state index in [-0.39, 0.29) is 4.32 Å². The van der Waals surface area contributed by atoms with E-state index in [1.165, 1.54) is 5.56 Å². The van der Waals surface area contributed by atoms with Crippen LogP contribution in [0.15, 0.2) is 47.4 Å². The zero-order valence-corrected chi connectivity index (χ0v) is 17.5. The molecule has 1 aliphatic heterocycles. The summed E-state index contributed by atoms with van der Waals surface area (Å²) in [4.78, 5) is 24.7. The van der Waals surface area contributed by atoms with Gasteiger partial charge in [-0.1, -0.05) is 59.9 Å². The third kappa shape index (κ3) is 5.16. The normalized spacial score (nSPS) is 15.1. The third-order valence-electron chi connectivity index (χ3n) is 4.17. The van der Waals surface area contributed by atoms with E-state index in [9.17, 15) is 9.59 Å². The second kappa shape index (κ2) is 9.11. The van der Waals surface area contributed by atoms with Gasteiger partial charge in [0.1, 0.15) is 17.5 Å². The Kier molecular flexibility index (Phi) is 6.56. The average Bonchev–Trinajstić information content (AvgIpc) is 2.95. The summed E-state index contributed by atoms with van der Waals surface area (Å²) in [5.74, 6) is -0.407. The van der Waals surface area contributed by atoms with Crippen molar-refractivity contribution < 1.29 is 24.2 Å². The number of hydrogen-bond donors (Lipinski definition) is 1. The van der Waals surface area contributed by atoms with Gasteiger partial charge >= 0.3 is 5.97 Å². The molecule has 150 valence electrons. The van der Waals surface area contributed by atoms with Crippen molar-refractivity contribution in [3.63, 3.8) is 0 Å². The SMILES string of the molecule is COc1cc(C=C2SC(=S)N(CC(=O)O)C2=O)ccc1OCc1ccc(C)cc1. The Morgan fingerprint density at radius 2 is 1.93 bits per heavy atom. The van der Waals surface area contributed by atoms with Gasteiger partial charge in [0.05, 0.1) is 12.0 Å². The number of thiocarbonyl (C=S) groups is 1. The highest BCUT2D eigenvalue weighted by Gasteiger charge is 2.33. The smallest absolute Gasteiger partial charge is 0.323 e. The minimum absolute atomic E-state index is 0.230. The van der Waals surface area contributed by atoms with Crippen molar-refractivity contribution in [2.45, 2.75) is 13.5 Å². The maximum atomic E-state index is 12.4. The van der Waals surface area contributed by atoms with E-state index in [4.69, 9.17) is 26.8 Å². The summed E-state index contributed by atoms with van der Waals surface area (Å²) in [5, 5.41) is 8.92. The van der Waals surface area contributed by atoms with Crippen molar-refractivity contribution in [1.82, 2.24) is 4.90 Å². The van der Waals surface area contributed by atoms with Crippen molar-refractivity contribution in [1.29, 1.82) is 0 Å². The molecular formula is C21H19NO5S2. The number of carbonyl (C=O) groups excluding carboxylic acids is 1. The monoisotopic (exact) mass is 429 g/mol. The van der Waals surface area contributed by atoms with E-state index in [1.54, 1.807) is 31.4 Å². The number of ether oxygens (including phenoxy) is 2. The molecule has 1 heterocycles. The van der Waals surface area contributed by atoms with Crippen LogP contribution >= 0.6 is 24.0 Å². The lowest BCUT2D eigenvalue weighted by Crippen LogP contribution is -2.33. The summed E-state index contributed by atoms with van der Waals surface area (Å²) in [5.41, 5.74) is 2.95. The number of aliphatic carboxylic acids is 1. The number of benzene rings is 2. The van der Waals surface area contributed by atoms with Crippen molar-refractivity contribution in [2.24, 2.45) is 0 Å². The van der Waals surface area contributed by atoms with E-state index < -0.39 is 18.4 Å². The molecule has 6 nitrogen and oxygen atoms in total. The maximum absolute atomic E-state index is 12.4. The standard InChI is InChI=1S/C21H19NO5S2/c1-13-3-5-14(6-4-13)12-27-16-8-7-15(9-17(16)26-2)10-18-20(25)22(11-19(23)24)21(28)29-18/h3-10H,11-12H2,1-2H3,(H,23,24). The van der Waals surface area contributed by atoms with Crippen LogP contribution in [0, 0.1) is 6.92 Å². The molecule has 2 aromatic rings. The molecule has 1 saturated heterocycles. The maximum Gasteiger partial charge on any atom is 0.323 e. The zero-order valence-electron chi connectivity index (χ0n) is 15.9. The first-order valence-electron chi connectivity index (χ1n) is 8.71. The van der Waals surface area contributed by atoms with Gasteiger partial charge in [0.25, 0.3) is 5.91 Å². The number of aryl methyl sites for hydroxylation is 1. The quantitative estimate of drug-likeness (QED) is 0.529. The van der Waals surface area contributed by atoms with Crippen LogP contribution in [0.1, 0.15) is 16.7 Å². The van der Waals surface area contributed by atoms with Crippen molar-refractivity contribution in [3.8, 4) is 11.5 Å². The van der Waals surface area contributed by atoms with Crippen LogP contribution < -0.4 is 9.47 Å². The second-order valence-corrected chi connectivity index (χ2v) is 8.02. The Morgan fingerprint density at radius 1 is 1.21 bits per heavy atom. The molecule has 1 aliphatic rings. The highest BCUT2D eigenvalue weighted by atomic mass is 32.2. The van der Waals surface area contributed by atoms with Crippen LogP contribution in [-0.4, -0.2) is 39.9 Å². The van der Waals surface area contributed by atoms with Gasteiger partial charge < -0.3 is 14.6 Å². The number of thioether (sulfide) groups is 1. The van der Waals surface area contributed by atoms with E-state index >= 15 is 0 Å². The number of carboxylic acid groups (broad SMARTS) is 1. The fraction of sp³-hybridized carbons (Fsp3) is 0.190. The van der Waals surface area contributed by atoms with Gasteiger partial charge in [-0.3, -0.25) is 14.5 Å². The Hall–Kier alpha value is -2.84. The molecule has 0 saturated carbocycles. The molecule has 0 unspecified atom stereocenters. The highest BCUT2D eigenvalue weighted by molar-refractivity contribution is 8.26. The molecule has 0 bridgehead atoms. The molecule has 2 aromatic carbocycles. The minimum atomic E-state index is -1.11. The summed E-state index contributed by atoms with van der Waals surface area (Å²) < 4.78 is 11.5. The van der Waals surface area contributed by atoms with Crippen LogP contribution in [-0.2, 0) is 16.2 Å². The fourth-order valence-electron chi connectivity index (χ4n) is 2.66. The minimum Gasteiger partial charge on any atom is -0.493 e. The number of amides is 1. The van der Waals surface area contributed by atoms with E-state index in [0.29, 0.717) is 23.0 Å². The van der Waals surface area contributed by atoms with Gasteiger partial charge in [0.2, 0.25) is 0 Å². The van der Waals surface area contributed by atoms with E-state index in [0.717, 1.165) is 27.8 Å². The number of rotatable bonds is 7. The summed E-state index contributed by atoms with van der Waals surface area (Å²) >= 11 is 6.19. The summed E-state index contributed by atoms with van der Waals surface area (Å²) in [6.07, 6.45) is 1.66. The molecule has 3 rings (SSSR count). The first kappa shape index (κ1) is 20.9. The number of methoxy groups -OCH3 is 1. The molecule has 1 fully saturated rings. The number of hydrogen-bond acceptors (Lipinski definition) is 6. The number of carboxylic acids is 1. The molecule has 0 radical (unpaired) electrons. The molecule has 1 amide bonds. The van der Waals surface area contributed by atoms with E-state index in [1.807, 2.05) is 31.2 Å². The fourth-order valence-corrected chi connectivity index (χ4v) is 3.92. The average molecular weight is 430 g/mol. The van der Waals surface area contributed by atoms with Gasteiger partial charge in [0, 0.05) is 0 Å². The first-order valence-corrected chi connectivity index (χ1v) is 9.93. The lowest BCUT2D eigenvalue weighted by Gasteiger charge is -2.12. The Morgan fingerprint density at radius 3 is 2.59 bits per heavy atom.